The summed E-state index contributed by atoms with van der Waals surface area (Å²) in [7, 11) is 5.64. The first-order valence-corrected chi connectivity index (χ1v) is 8.56. The van der Waals surface area contributed by atoms with Crippen LogP contribution in [0.15, 0.2) is 23.2 Å². The summed E-state index contributed by atoms with van der Waals surface area (Å²) in [6.07, 6.45) is 2.33. The van der Waals surface area contributed by atoms with E-state index in [1.54, 1.807) is 19.0 Å². The lowest BCUT2D eigenvalue weighted by molar-refractivity contribution is -0.127. The Morgan fingerprint density at radius 3 is 2.76 bits per heavy atom. The molecule has 1 heterocycles. The van der Waals surface area contributed by atoms with E-state index in [-0.39, 0.29) is 36.4 Å². The summed E-state index contributed by atoms with van der Waals surface area (Å²) in [4.78, 5) is 20.2. The number of aryl methyl sites for hydroxylation is 1. The molecule has 0 bridgehead atoms. The smallest absolute Gasteiger partial charge is 0.241 e. The molecular formula is C18H30IN5O. The van der Waals surface area contributed by atoms with Gasteiger partial charge in [0, 0.05) is 39.9 Å². The predicted octanol–water partition coefficient (Wildman–Crippen LogP) is 1.83. The molecule has 1 aromatic carbocycles. The zero-order valence-corrected chi connectivity index (χ0v) is 18.0. The van der Waals surface area contributed by atoms with E-state index < -0.39 is 0 Å². The monoisotopic (exact) mass is 459 g/mol. The van der Waals surface area contributed by atoms with E-state index in [2.05, 4.69) is 45.8 Å². The molecule has 2 N–H and O–H groups in total. The highest BCUT2D eigenvalue weighted by molar-refractivity contribution is 14.0. The number of amides is 1. The van der Waals surface area contributed by atoms with Gasteiger partial charge in [-0.25, -0.2) is 4.99 Å². The summed E-state index contributed by atoms with van der Waals surface area (Å²) in [5.74, 6) is 0.694. The lowest BCUT2D eigenvalue weighted by Crippen LogP contribution is -2.42. The maximum Gasteiger partial charge on any atom is 0.241 e. The Morgan fingerprint density at radius 2 is 2.08 bits per heavy atom. The van der Waals surface area contributed by atoms with Crippen LogP contribution >= 0.6 is 24.0 Å². The van der Waals surface area contributed by atoms with Gasteiger partial charge in [-0.3, -0.25) is 4.79 Å². The fraction of sp³-hybridized carbons (Fsp3) is 0.556. The molecule has 1 aromatic rings. The average molecular weight is 459 g/mol. The van der Waals surface area contributed by atoms with Crippen LogP contribution in [0.1, 0.15) is 24.5 Å². The first kappa shape index (κ1) is 21.5. The van der Waals surface area contributed by atoms with Crippen molar-refractivity contribution in [1.29, 1.82) is 0 Å². The van der Waals surface area contributed by atoms with E-state index in [4.69, 9.17) is 0 Å². The number of aliphatic imine (C=N–C) groups is 1. The van der Waals surface area contributed by atoms with Crippen molar-refractivity contribution < 1.29 is 4.79 Å². The number of anilines is 1. The molecule has 0 atom stereocenters. The first-order chi connectivity index (χ1) is 11.5. The molecule has 0 saturated heterocycles. The zero-order valence-electron chi connectivity index (χ0n) is 15.6. The van der Waals surface area contributed by atoms with Crippen molar-refractivity contribution in [3.63, 3.8) is 0 Å². The Hall–Kier alpha value is -1.51. The van der Waals surface area contributed by atoms with E-state index in [0.29, 0.717) is 12.5 Å². The highest BCUT2D eigenvalue weighted by atomic mass is 127. The Balaban J connectivity index is 0.00000312. The minimum atomic E-state index is 0. The van der Waals surface area contributed by atoms with Gasteiger partial charge in [-0.05, 0) is 37.0 Å². The van der Waals surface area contributed by atoms with Crippen molar-refractivity contribution in [3.8, 4) is 0 Å². The van der Waals surface area contributed by atoms with Gasteiger partial charge in [-0.15, -0.1) is 24.0 Å². The summed E-state index contributed by atoms with van der Waals surface area (Å²) >= 11 is 0. The maximum absolute atomic E-state index is 11.7. The van der Waals surface area contributed by atoms with Crippen LogP contribution in [0, 0.1) is 0 Å². The molecule has 0 spiro atoms. The molecule has 1 amide bonds. The highest BCUT2D eigenvalue weighted by Gasteiger charge is 2.13. The number of halogens is 1. The van der Waals surface area contributed by atoms with Gasteiger partial charge >= 0.3 is 0 Å². The van der Waals surface area contributed by atoms with Crippen LogP contribution in [0.4, 0.5) is 5.69 Å². The molecule has 1 aliphatic heterocycles. The van der Waals surface area contributed by atoms with E-state index in [1.165, 1.54) is 23.2 Å². The van der Waals surface area contributed by atoms with E-state index in [0.717, 1.165) is 19.5 Å². The fourth-order valence-electron chi connectivity index (χ4n) is 2.77. The van der Waals surface area contributed by atoms with Crippen LogP contribution < -0.4 is 15.5 Å². The first-order valence-electron chi connectivity index (χ1n) is 8.56. The topological polar surface area (TPSA) is 60.0 Å². The Kier molecular flexibility index (Phi) is 9.02. The standard InChI is InChI=1S/C18H29N5O.HI/c1-5-19-18(21-13-17(24)22(2)3)20-12-14-8-9-16-15(11-14)7-6-10-23(16)4;/h8-9,11H,5-7,10,12-13H2,1-4H3,(H2,19,20,21);1H. The van der Waals surface area contributed by atoms with Crippen LogP contribution in [0.3, 0.4) is 0 Å². The largest absolute Gasteiger partial charge is 0.374 e. The van der Waals surface area contributed by atoms with Crippen LogP contribution in [0.25, 0.3) is 0 Å². The van der Waals surface area contributed by atoms with E-state index >= 15 is 0 Å². The molecule has 1 aliphatic rings. The van der Waals surface area contributed by atoms with Crippen molar-refractivity contribution in [2.45, 2.75) is 26.3 Å². The molecule has 0 aliphatic carbocycles. The number of carbonyl (C=O) groups excluding carboxylic acids is 1. The number of guanidine groups is 1. The molecule has 7 heteroatoms. The van der Waals surface area contributed by atoms with E-state index in [1.807, 2.05) is 6.92 Å². The molecule has 6 nitrogen and oxygen atoms in total. The minimum Gasteiger partial charge on any atom is -0.374 e. The van der Waals surface area contributed by atoms with Crippen molar-refractivity contribution >= 4 is 41.5 Å². The van der Waals surface area contributed by atoms with E-state index in [9.17, 15) is 4.79 Å². The second-order valence-corrected chi connectivity index (χ2v) is 6.33. The molecule has 0 saturated carbocycles. The summed E-state index contributed by atoms with van der Waals surface area (Å²) in [6.45, 7) is 4.74. The molecular weight excluding hydrogens is 429 g/mol. The van der Waals surface area contributed by atoms with Crippen molar-refractivity contribution in [3.05, 3.63) is 29.3 Å². The molecule has 0 fully saturated rings. The van der Waals surface area contributed by atoms with Crippen LogP contribution in [-0.4, -0.2) is 57.5 Å². The van der Waals surface area contributed by atoms with Gasteiger partial charge in [0.05, 0.1) is 13.1 Å². The number of carbonyl (C=O) groups is 1. The fourth-order valence-corrected chi connectivity index (χ4v) is 2.77. The maximum atomic E-state index is 11.7. The lowest BCUT2D eigenvalue weighted by Gasteiger charge is -2.27. The average Bonchev–Trinajstić information content (AvgIpc) is 2.57. The highest BCUT2D eigenvalue weighted by Crippen LogP contribution is 2.26. The second-order valence-electron chi connectivity index (χ2n) is 6.33. The van der Waals surface area contributed by atoms with Crippen LogP contribution in [-0.2, 0) is 17.8 Å². The molecule has 0 aromatic heterocycles. The molecule has 140 valence electrons. The number of rotatable bonds is 5. The second kappa shape index (κ2) is 10.5. The molecule has 2 rings (SSSR count). The van der Waals surface area contributed by atoms with Gasteiger partial charge in [-0.2, -0.15) is 0 Å². The number of benzene rings is 1. The summed E-state index contributed by atoms with van der Waals surface area (Å²) in [5.41, 5.74) is 3.92. The summed E-state index contributed by atoms with van der Waals surface area (Å²) < 4.78 is 0. The number of hydrogen-bond acceptors (Lipinski definition) is 3. The van der Waals surface area contributed by atoms with Gasteiger partial charge in [0.25, 0.3) is 0 Å². The number of nitrogens with one attached hydrogen (secondary N) is 2. The molecule has 25 heavy (non-hydrogen) atoms. The minimum absolute atomic E-state index is 0. The van der Waals surface area contributed by atoms with Gasteiger partial charge in [-0.1, -0.05) is 12.1 Å². The Labute approximate surface area is 168 Å². The van der Waals surface area contributed by atoms with Crippen LogP contribution in [0.5, 0.6) is 0 Å². The molecule has 0 unspecified atom stereocenters. The molecule has 0 radical (unpaired) electrons. The van der Waals surface area contributed by atoms with Crippen molar-refractivity contribution in [2.24, 2.45) is 4.99 Å². The number of fused-ring (bicyclic) bond motifs is 1. The van der Waals surface area contributed by atoms with Crippen molar-refractivity contribution in [1.82, 2.24) is 15.5 Å². The lowest BCUT2D eigenvalue weighted by atomic mass is 10.00. The van der Waals surface area contributed by atoms with Gasteiger partial charge < -0.3 is 20.4 Å². The quantitative estimate of drug-likeness (QED) is 0.401. The Bertz CT molecular complexity index is 603. The number of likely N-dealkylation sites (N-methyl/N-ethyl adjacent to an activating group) is 1. The zero-order chi connectivity index (χ0) is 17.5. The number of nitrogens with zero attached hydrogens (tertiary/aromatic N) is 3. The summed E-state index contributed by atoms with van der Waals surface area (Å²) in [6, 6.07) is 6.58. The third-order valence-corrected chi connectivity index (χ3v) is 4.16. The SMILES string of the molecule is CCNC(=NCc1ccc2c(c1)CCCN2C)NCC(=O)N(C)C.I. The summed E-state index contributed by atoms with van der Waals surface area (Å²) in [5, 5.41) is 6.26. The van der Waals surface area contributed by atoms with Gasteiger partial charge in [0.15, 0.2) is 5.96 Å². The predicted molar refractivity (Wildman–Crippen MR) is 115 cm³/mol. The third kappa shape index (κ3) is 6.37. The third-order valence-electron chi connectivity index (χ3n) is 4.16. The number of hydrogen-bond donors (Lipinski definition) is 2. The Morgan fingerprint density at radius 1 is 1.32 bits per heavy atom. The van der Waals surface area contributed by atoms with Gasteiger partial charge in [0.1, 0.15) is 0 Å². The van der Waals surface area contributed by atoms with Crippen LogP contribution in [0.2, 0.25) is 0 Å². The normalized spacial score (nSPS) is 13.6. The van der Waals surface area contributed by atoms with Crippen molar-refractivity contribution in [2.75, 3.05) is 45.7 Å². The van der Waals surface area contributed by atoms with Gasteiger partial charge in [0.2, 0.25) is 5.91 Å².